The Morgan fingerprint density at radius 2 is 2.00 bits per heavy atom. The summed E-state index contributed by atoms with van der Waals surface area (Å²) < 4.78 is 12.4. The van der Waals surface area contributed by atoms with E-state index < -0.39 is 0 Å². The van der Waals surface area contributed by atoms with Crippen molar-refractivity contribution >= 4 is 34.3 Å². The quantitative estimate of drug-likeness (QED) is 0.656. The van der Waals surface area contributed by atoms with Gasteiger partial charge in [0, 0.05) is 7.05 Å². The van der Waals surface area contributed by atoms with Gasteiger partial charge in [0.25, 0.3) is 0 Å². The molecule has 3 rings (SSSR count). The Morgan fingerprint density at radius 3 is 2.64 bits per heavy atom. The van der Waals surface area contributed by atoms with Crippen molar-refractivity contribution in [2.24, 2.45) is 7.05 Å². The molecule has 5 nitrogen and oxygen atoms in total. The average Bonchev–Trinajstić information content (AvgIpc) is 2.96. The van der Waals surface area contributed by atoms with Gasteiger partial charge >= 0.3 is 0 Å². The van der Waals surface area contributed by atoms with E-state index in [2.05, 4.69) is 11.1 Å². The number of rotatable bonds is 4. The molecule has 2 aromatic carbocycles. The maximum atomic E-state index is 9.63. The number of benzene rings is 2. The van der Waals surface area contributed by atoms with Gasteiger partial charge in [-0.25, -0.2) is 4.98 Å². The lowest BCUT2D eigenvalue weighted by Crippen LogP contribution is -1.96. The Bertz CT molecular complexity index is 1020. The number of hydrogen-bond donors (Lipinski definition) is 0. The van der Waals surface area contributed by atoms with Crippen LogP contribution in [0.2, 0.25) is 5.02 Å². The first kappa shape index (κ1) is 16.9. The molecule has 0 aliphatic rings. The van der Waals surface area contributed by atoms with Crippen LogP contribution in [0.15, 0.2) is 36.4 Å². The normalized spacial score (nSPS) is 11.4. The highest BCUT2D eigenvalue weighted by Gasteiger charge is 2.14. The molecule has 0 amide bonds. The Hall–Kier alpha value is -2.97. The molecule has 1 aromatic heterocycles. The number of ether oxygens (including phenoxy) is 2. The van der Waals surface area contributed by atoms with Crippen molar-refractivity contribution in [2.45, 2.75) is 0 Å². The van der Waals surface area contributed by atoms with Crippen LogP contribution < -0.4 is 9.47 Å². The van der Waals surface area contributed by atoms with Crippen LogP contribution >= 0.6 is 11.6 Å². The summed E-state index contributed by atoms with van der Waals surface area (Å²) in [4.78, 5) is 4.56. The number of methoxy groups -OCH3 is 2. The van der Waals surface area contributed by atoms with Crippen molar-refractivity contribution in [3.05, 3.63) is 52.8 Å². The molecule has 0 bridgehead atoms. The molecule has 0 N–H and O–H groups in total. The highest BCUT2D eigenvalue weighted by molar-refractivity contribution is 6.32. The van der Waals surface area contributed by atoms with E-state index in [0.29, 0.717) is 27.9 Å². The van der Waals surface area contributed by atoms with Crippen molar-refractivity contribution < 1.29 is 9.47 Å². The van der Waals surface area contributed by atoms with E-state index in [1.165, 1.54) is 7.11 Å². The lowest BCUT2D eigenvalue weighted by Gasteiger charge is -2.10. The minimum Gasteiger partial charge on any atom is -0.493 e. The Morgan fingerprint density at radius 1 is 1.24 bits per heavy atom. The molecule has 0 saturated carbocycles. The number of allylic oxidation sites excluding steroid dienone is 1. The summed E-state index contributed by atoms with van der Waals surface area (Å²) in [5.74, 6) is 1.56. The van der Waals surface area contributed by atoms with Gasteiger partial charge in [0.1, 0.15) is 6.07 Å². The van der Waals surface area contributed by atoms with Gasteiger partial charge in [-0.2, -0.15) is 5.26 Å². The number of imidazole rings is 1. The molecule has 0 fully saturated rings. The van der Waals surface area contributed by atoms with Gasteiger partial charge in [-0.1, -0.05) is 23.7 Å². The van der Waals surface area contributed by atoms with Crippen LogP contribution in [0.25, 0.3) is 22.7 Å². The minimum absolute atomic E-state index is 0.412. The van der Waals surface area contributed by atoms with Crippen molar-refractivity contribution in [1.29, 1.82) is 5.26 Å². The number of nitrogens with zero attached hydrogens (tertiary/aromatic N) is 3. The second kappa shape index (κ2) is 6.88. The molecule has 0 aliphatic carbocycles. The lowest BCUT2D eigenvalue weighted by atomic mass is 10.1. The van der Waals surface area contributed by atoms with Gasteiger partial charge in [0.15, 0.2) is 17.3 Å². The van der Waals surface area contributed by atoms with Crippen molar-refractivity contribution in [3.63, 3.8) is 0 Å². The van der Waals surface area contributed by atoms with E-state index in [1.807, 2.05) is 35.9 Å². The molecule has 0 aliphatic heterocycles. The molecule has 6 heteroatoms. The monoisotopic (exact) mass is 353 g/mol. The first-order valence-corrected chi connectivity index (χ1v) is 7.92. The second-order valence-electron chi connectivity index (χ2n) is 5.39. The number of nitriles is 1. The highest BCUT2D eigenvalue weighted by atomic mass is 35.5. The Balaban J connectivity index is 2.14. The summed E-state index contributed by atoms with van der Waals surface area (Å²) in [6, 6.07) is 13.5. The molecule has 0 atom stereocenters. The zero-order chi connectivity index (χ0) is 18.0. The third kappa shape index (κ3) is 3.04. The molecule has 3 aromatic rings. The number of fused-ring (bicyclic) bond motifs is 1. The first-order chi connectivity index (χ1) is 12.1. The van der Waals surface area contributed by atoms with Gasteiger partial charge in [-0.05, 0) is 35.9 Å². The van der Waals surface area contributed by atoms with Gasteiger partial charge in [-0.3, -0.25) is 0 Å². The molecule has 0 saturated heterocycles. The topological polar surface area (TPSA) is 60.1 Å². The number of hydrogen-bond acceptors (Lipinski definition) is 4. The predicted molar refractivity (Wildman–Crippen MR) is 98.8 cm³/mol. The van der Waals surface area contributed by atoms with Crippen LogP contribution in [0.1, 0.15) is 11.4 Å². The zero-order valence-corrected chi connectivity index (χ0v) is 14.8. The predicted octanol–water partition coefficient (Wildman–Crippen LogP) is 4.31. The van der Waals surface area contributed by atoms with E-state index in [4.69, 9.17) is 21.1 Å². The first-order valence-electron chi connectivity index (χ1n) is 7.54. The molecule has 0 spiro atoms. The maximum absolute atomic E-state index is 9.63. The van der Waals surface area contributed by atoms with Gasteiger partial charge < -0.3 is 14.0 Å². The van der Waals surface area contributed by atoms with Crippen molar-refractivity contribution in [1.82, 2.24) is 9.55 Å². The number of aromatic nitrogens is 2. The van der Waals surface area contributed by atoms with Crippen LogP contribution in [0.5, 0.6) is 11.5 Å². The summed E-state index contributed by atoms with van der Waals surface area (Å²) in [6.07, 6.45) is 1.73. The van der Waals surface area contributed by atoms with E-state index in [-0.39, 0.29) is 0 Å². The number of para-hydroxylation sites is 2. The highest BCUT2D eigenvalue weighted by Crippen LogP contribution is 2.37. The van der Waals surface area contributed by atoms with Crippen LogP contribution in [-0.2, 0) is 7.05 Å². The maximum Gasteiger partial charge on any atom is 0.179 e. The standard InChI is InChI=1S/C19H16ClN3O2/c1-23-16-7-5-4-6-15(16)22-19(23)13(11-21)8-12-9-14(20)18(25-3)17(10-12)24-2/h4-10H,1-3H3/b13-8+. The van der Waals surface area contributed by atoms with Gasteiger partial charge in [0.05, 0.1) is 35.8 Å². The fourth-order valence-electron chi connectivity index (χ4n) is 2.72. The van der Waals surface area contributed by atoms with Crippen LogP contribution in [0, 0.1) is 11.3 Å². The molecule has 0 unspecified atom stereocenters. The fraction of sp³-hybridized carbons (Fsp3) is 0.158. The van der Waals surface area contributed by atoms with Gasteiger partial charge in [-0.15, -0.1) is 0 Å². The zero-order valence-electron chi connectivity index (χ0n) is 14.1. The van der Waals surface area contributed by atoms with Crippen LogP contribution in [0.3, 0.4) is 0 Å². The Kier molecular flexibility index (Phi) is 4.64. The number of halogens is 1. The summed E-state index contributed by atoms with van der Waals surface area (Å²) in [7, 11) is 4.95. The summed E-state index contributed by atoms with van der Waals surface area (Å²) in [5.41, 5.74) is 2.96. The summed E-state index contributed by atoms with van der Waals surface area (Å²) in [5, 5.41) is 10.0. The van der Waals surface area contributed by atoms with Crippen LogP contribution in [0.4, 0.5) is 0 Å². The van der Waals surface area contributed by atoms with Crippen molar-refractivity contribution in [2.75, 3.05) is 14.2 Å². The largest absolute Gasteiger partial charge is 0.493 e. The van der Waals surface area contributed by atoms with Crippen molar-refractivity contribution in [3.8, 4) is 17.6 Å². The lowest BCUT2D eigenvalue weighted by molar-refractivity contribution is 0.355. The molecular formula is C19H16ClN3O2. The minimum atomic E-state index is 0.412. The second-order valence-corrected chi connectivity index (χ2v) is 5.80. The fourth-order valence-corrected chi connectivity index (χ4v) is 3.02. The van der Waals surface area contributed by atoms with Gasteiger partial charge in [0.2, 0.25) is 0 Å². The molecule has 1 heterocycles. The SMILES string of the molecule is COc1cc(/C=C(\C#N)c2nc3ccccc3n2C)cc(Cl)c1OC. The third-order valence-corrected chi connectivity index (χ3v) is 4.20. The molecule has 25 heavy (non-hydrogen) atoms. The summed E-state index contributed by atoms with van der Waals surface area (Å²) >= 11 is 6.24. The van der Waals surface area contributed by atoms with E-state index >= 15 is 0 Å². The molecule has 126 valence electrons. The van der Waals surface area contributed by atoms with E-state index in [9.17, 15) is 5.26 Å². The van der Waals surface area contributed by atoms with Crippen LogP contribution in [-0.4, -0.2) is 23.8 Å². The number of aryl methyl sites for hydroxylation is 1. The smallest absolute Gasteiger partial charge is 0.179 e. The third-order valence-electron chi connectivity index (χ3n) is 3.92. The molecule has 0 radical (unpaired) electrons. The molecular weight excluding hydrogens is 338 g/mol. The van der Waals surface area contributed by atoms with E-state index in [1.54, 1.807) is 25.3 Å². The Labute approximate surface area is 150 Å². The average molecular weight is 354 g/mol. The van der Waals surface area contributed by atoms with E-state index in [0.717, 1.165) is 16.6 Å². The summed E-state index contributed by atoms with van der Waals surface area (Å²) in [6.45, 7) is 0.